The highest BCUT2D eigenvalue weighted by molar-refractivity contribution is 6.33. The van der Waals surface area contributed by atoms with Crippen molar-refractivity contribution in [2.75, 3.05) is 0 Å². The van der Waals surface area contributed by atoms with Crippen LogP contribution in [-0.2, 0) is 9.53 Å². The summed E-state index contributed by atoms with van der Waals surface area (Å²) in [4.78, 5) is 26.2. The summed E-state index contributed by atoms with van der Waals surface area (Å²) >= 11 is 11.6. The monoisotopic (exact) mass is 380 g/mol. The summed E-state index contributed by atoms with van der Waals surface area (Å²) < 4.78 is 18.8. The molecule has 1 aliphatic rings. The summed E-state index contributed by atoms with van der Waals surface area (Å²) in [5.74, 6) is -1.60. The van der Waals surface area contributed by atoms with Gasteiger partial charge in [-0.1, -0.05) is 29.3 Å². The predicted octanol–water partition coefficient (Wildman–Crippen LogP) is 4.39. The molecule has 6 nitrogen and oxygen atoms in total. The molecule has 0 saturated heterocycles. The average molecular weight is 381 g/mol. The van der Waals surface area contributed by atoms with Gasteiger partial charge in [0.25, 0.3) is 5.69 Å². The molecule has 2 aromatic carbocycles. The standard InChI is InChI=1S/C16H7Cl2FN2O4/c17-10-2-1-3-12(19)9(10)7-13-16(22)25-15(20-13)8-4-5-11(18)14(6-8)21(23)24/h1-7H. The van der Waals surface area contributed by atoms with Crippen LogP contribution in [0.5, 0.6) is 0 Å². The van der Waals surface area contributed by atoms with Crippen LogP contribution < -0.4 is 0 Å². The lowest BCUT2D eigenvalue weighted by atomic mass is 10.2. The second-order valence-corrected chi connectivity index (χ2v) is 5.71. The van der Waals surface area contributed by atoms with E-state index in [4.69, 9.17) is 27.9 Å². The molecule has 0 radical (unpaired) electrons. The molecule has 0 aromatic heterocycles. The number of aliphatic imine (C=N–C) groups is 1. The molecule has 25 heavy (non-hydrogen) atoms. The highest BCUT2D eigenvalue weighted by Crippen LogP contribution is 2.28. The number of benzene rings is 2. The van der Waals surface area contributed by atoms with Crippen molar-refractivity contribution in [1.82, 2.24) is 0 Å². The Morgan fingerprint density at radius 1 is 1.20 bits per heavy atom. The fourth-order valence-corrected chi connectivity index (χ4v) is 2.51. The molecule has 126 valence electrons. The number of hydrogen-bond donors (Lipinski definition) is 0. The molecule has 0 N–H and O–H groups in total. The number of nitro benzene ring substituents is 1. The van der Waals surface area contributed by atoms with E-state index in [0.29, 0.717) is 0 Å². The van der Waals surface area contributed by atoms with Gasteiger partial charge < -0.3 is 4.74 Å². The molecule has 0 aliphatic carbocycles. The minimum Gasteiger partial charge on any atom is -0.402 e. The van der Waals surface area contributed by atoms with Crippen molar-refractivity contribution in [1.29, 1.82) is 0 Å². The van der Waals surface area contributed by atoms with E-state index >= 15 is 0 Å². The highest BCUT2D eigenvalue weighted by atomic mass is 35.5. The van der Waals surface area contributed by atoms with Crippen molar-refractivity contribution < 1.29 is 18.8 Å². The fourth-order valence-electron chi connectivity index (χ4n) is 2.10. The Morgan fingerprint density at radius 3 is 2.64 bits per heavy atom. The lowest BCUT2D eigenvalue weighted by Crippen LogP contribution is -2.06. The first kappa shape index (κ1) is 17.1. The molecule has 0 unspecified atom stereocenters. The van der Waals surface area contributed by atoms with Crippen LogP contribution in [-0.4, -0.2) is 16.8 Å². The van der Waals surface area contributed by atoms with Gasteiger partial charge in [0.1, 0.15) is 10.8 Å². The Balaban J connectivity index is 2.03. The van der Waals surface area contributed by atoms with E-state index in [-0.39, 0.29) is 38.5 Å². The van der Waals surface area contributed by atoms with Crippen LogP contribution in [0.25, 0.3) is 6.08 Å². The minimum absolute atomic E-state index is 0.0109. The molecule has 3 rings (SSSR count). The molecular weight excluding hydrogens is 374 g/mol. The van der Waals surface area contributed by atoms with E-state index in [9.17, 15) is 19.3 Å². The Bertz CT molecular complexity index is 952. The second kappa shape index (κ2) is 6.62. The number of cyclic esters (lactones) is 1. The van der Waals surface area contributed by atoms with E-state index in [2.05, 4.69) is 4.99 Å². The molecular formula is C16H7Cl2FN2O4. The Kier molecular flexibility index (Phi) is 4.52. The van der Waals surface area contributed by atoms with E-state index in [1.165, 1.54) is 30.3 Å². The first-order chi connectivity index (χ1) is 11.9. The molecule has 2 aromatic rings. The van der Waals surface area contributed by atoms with Gasteiger partial charge in [-0.25, -0.2) is 14.2 Å². The predicted molar refractivity (Wildman–Crippen MR) is 90.1 cm³/mol. The maximum atomic E-state index is 13.8. The number of esters is 1. The van der Waals surface area contributed by atoms with Crippen LogP contribution in [0.15, 0.2) is 47.1 Å². The minimum atomic E-state index is -0.827. The third kappa shape index (κ3) is 3.38. The van der Waals surface area contributed by atoms with E-state index in [1.807, 2.05) is 0 Å². The van der Waals surface area contributed by atoms with E-state index in [1.54, 1.807) is 0 Å². The fraction of sp³-hybridized carbons (Fsp3) is 0. The summed E-state index contributed by atoms with van der Waals surface area (Å²) in [6.07, 6.45) is 1.15. The molecule has 0 bridgehead atoms. The number of nitrogens with zero attached hydrogens (tertiary/aromatic N) is 2. The summed E-state index contributed by atoms with van der Waals surface area (Å²) in [5.41, 5.74) is -0.359. The smallest absolute Gasteiger partial charge is 0.363 e. The van der Waals surface area contributed by atoms with Gasteiger partial charge in [0.2, 0.25) is 5.90 Å². The van der Waals surface area contributed by atoms with Crippen LogP contribution in [0, 0.1) is 15.9 Å². The van der Waals surface area contributed by atoms with Gasteiger partial charge >= 0.3 is 5.97 Å². The normalized spacial score (nSPS) is 15.2. The number of ether oxygens (including phenoxy) is 1. The summed E-state index contributed by atoms with van der Waals surface area (Å²) in [6, 6.07) is 7.92. The Morgan fingerprint density at radius 2 is 1.96 bits per heavy atom. The number of nitro groups is 1. The molecule has 1 heterocycles. The van der Waals surface area contributed by atoms with E-state index in [0.717, 1.165) is 12.1 Å². The number of carbonyl (C=O) groups is 1. The van der Waals surface area contributed by atoms with Crippen molar-refractivity contribution in [3.8, 4) is 0 Å². The highest BCUT2D eigenvalue weighted by Gasteiger charge is 2.26. The molecule has 9 heteroatoms. The second-order valence-electron chi connectivity index (χ2n) is 4.89. The van der Waals surface area contributed by atoms with Crippen molar-refractivity contribution in [3.63, 3.8) is 0 Å². The van der Waals surface area contributed by atoms with Crippen LogP contribution >= 0.6 is 23.2 Å². The summed E-state index contributed by atoms with van der Waals surface area (Å²) in [7, 11) is 0. The van der Waals surface area contributed by atoms with Gasteiger partial charge in [0.15, 0.2) is 5.70 Å². The number of carbonyl (C=O) groups excluding carboxylic acids is 1. The van der Waals surface area contributed by atoms with Crippen LogP contribution in [0.1, 0.15) is 11.1 Å². The Hall–Kier alpha value is -2.77. The van der Waals surface area contributed by atoms with Crippen LogP contribution in [0.2, 0.25) is 10.0 Å². The molecule has 0 saturated carbocycles. The molecule has 0 amide bonds. The maximum Gasteiger partial charge on any atom is 0.363 e. The number of halogens is 3. The van der Waals surface area contributed by atoms with Gasteiger partial charge in [0.05, 0.1) is 9.95 Å². The third-order valence-electron chi connectivity index (χ3n) is 3.29. The lowest BCUT2D eigenvalue weighted by Gasteiger charge is -2.00. The molecule has 0 atom stereocenters. The average Bonchev–Trinajstić information content (AvgIpc) is 2.92. The summed E-state index contributed by atoms with van der Waals surface area (Å²) in [5, 5.41) is 11.0. The van der Waals surface area contributed by atoms with Crippen molar-refractivity contribution in [3.05, 3.63) is 79.2 Å². The zero-order valence-corrected chi connectivity index (χ0v) is 13.7. The third-order valence-corrected chi connectivity index (χ3v) is 3.94. The first-order valence-electron chi connectivity index (χ1n) is 6.77. The summed E-state index contributed by atoms with van der Waals surface area (Å²) in [6.45, 7) is 0. The molecule has 1 aliphatic heterocycles. The van der Waals surface area contributed by atoms with Crippen molar-refractivity contribution in [2.24, 2.45) is 4.99 Å². The van der Waals surface area contributed by atoms with Gasteiger partial charge in [-0.05, 0) is 30.3 Å². The first-order valence-corrected chi connectivity index (χ1v) is 7.53. The number of hydrogen-bond acceptors (Lipinski definition) is 5. The van der Waals surface area contributed by atoms with Crippen LogP contribution in [0.3, 0.4) is 0 Å². The maximum absolute atomic E-state index is 13.8. The van der Waals surface area contributed by atoms with Crippen LogP contribution in [0.4, 0.5) is 10.1 Å². The lowest BCUT2D eigenvalue weighted by molar-refractivity contribution is -0.384. The van der Waals surface area contributed by atoms with Gasteiger partial charge in [0, 0.05) is 17.2 Å². The van der Waals surface area contributed by atoms with E-state index < -0.39 is 16.7 Å². The van der Waals surface area contributed by atoms with Gasteiger partial charge in [-0.2, -0.15) is 0 Å². The van der Waals surface area contributed by atoms with Gasteiger partial charge in [-0.3, -0.25) is 10.1 Å². The molecule has 0 fully saturated rings. The zero-order valence-electron chi connectivity index (χ0n) is 12.2. The number of rotatable bonds is 3. The van der Waals surface area contributed by atoms with Crippen molar-refractivity contribution in [2.45, 2.75) is 0 Å². The SMILES string of the molecule is O=C1OC(c2ccc(Cl)c([N+](=O)[O-])c2)=NC1=Cc1c(F)cccc1Cl. The van der Waals surface area contributed by atoms with Crippen molar-refractivity contribution >= 4 is 46.8 Å². The zero-order chi connectivity index (χ0) is 18.1. The van der Waals surface area contributed by atoms with Gasteiger partial charge in [-0.15, -0.1) is 0 Å². The quantitative estimate of drug-likeness (QED) is 0.342. The Labute approximate surface area is 150 Å². The molecule has 0 spiro atoms. The largest absolute Gasteiger partial charge is 0.402 e. The topological polar surface area (TPSA) is 81.8 Å².